The third kappa shape index (κ3) is 6.93. The second-order valence-corrected chi connectivity index (χ2v) is 6.31. The van der Waals surface area contributed by atoms with Crippen molar-refractivity contribution in [2.75, 3.05) is 13.2 Å². The Hall–Kier alpha value is -1.10. The van der Waals surface area contributed by atoms with Crippen molar-refractivity contribution in [3.8, 4) is 0 Å². The van der Waals surface area contributed by atoms with Crippen molar-refractivity contribution in [2.45, 2.75) is 64.8 Å². The van der Waals surface area contributed by atoms with Gasteiger partial charge in [-0.25, -0.2) is 0 Å². The van der Waals surface area contributed by atoms with Crippen molar-refractivity contribution in [3.63, 3.8) is 0 Å². The molecule has 0 aliphatic heterocycles. The van der Waals surface area contributed by atoms with E-state index in [9.17, 15) is 9.59 Å². The number of amides is 2. The van der Waals surface area contributed by atoms with Crippen molar-refractivity contribution < 1.29 is 14.7 Å². The van der Waals surface area contributed by atoms with E-state index in [-0.39, 0.29) is 36.3 Å². The van der Waals surface area contributed by atoms with Gasteiger partial charge in [0.15, 0.2) is 0 Å². The molecule has 0 bridgehead atoms. The van der Waals surface area contributed by atoms with E-state index >= 15 is 0 Å². The first-order chi connectivity index (χ1) is 10.0. The fraction of sp³-hybridized carbons (Fsp3) is 0.875. The predicted octanol–water partition coefficient (Wildman–Crippen LogP) is 1.60. The van der Waals surface area contributed by atoms with Gasteiger partial charge < -0.3 is 15.7 Å². The fourth-order valence-corrected chi connectivity index (χ4v) is 2.80. The monoisotopic (exact) mass is 298 g/mol. The van der Waals surface area contributed by atoms with Crippen molar-refractivity contribution >= 4 is 11.8 Å². The molecule has 5 nitrogen and oxygen atoms in total. The molecule has 0 radical (unpaired) electrons. The Kier molecular flexibility index (Phi) is 8.35. The van der Waals surface area contributed by atoms with Crippen LogP contribution in [-0.2, 0) is 9.59 Å². The van der Waals surface area contributed by atoms with E-state index in [2.05, 4.69) is 10.6 Å². The van der Waals surface area contributed by atoms with Crippen LogP contribution in [0.4, 0.5) is 0 Å². The molecular formula is C16H30N2O3. The zero-order valence-electron chi connectivity index (χ0n) is 13.4. The van der Waals surface area contributed by atoms with E-state index in [1.807, 2.05) is 13.8 Å². The average Bonchev–Trinajstić information content (AvgIpc) is 2.47. The Balaban J connectivity index is 2.21. The Morgan fingerprint density at radius 2 is 1.86 bits per heavy atom. The SMILES string of the molecule is CC(C)C(CCO)NC(=O)CCNC(=O)C1CCCCC1. The van der Waals surface area contributed by atoms with E-state index in [1.165, 1.54) is 6.42 Å². The first-order valence-corrected chi connectivity index (χ1v) is 8.22. The molecule has 1 fully saturated rings. The van der Waals surface area contributed by atoms with Gasteiger partial charge in [0.25, 0.3) is 0 Å². The van der Waals surface area contributed by atoms with E-state index in [4.69, 9.17) is 5.11 Å². The van der Waals surface area contributed by atoms with Crippen molar-refractivity contribution in [2.24, 2.45) is 11.8 Å². The van der Waals surface area contributed by atoms with Crippen molar-refractivity contribution in [1.82, 2.24) is 10.6 Å². The van der Waals surface area contributed by atoms with Gasteiger partial charge in [-0.3, -0.25) is 9.59 Å². The molecule has 1 aliphatic carbocycles. The standard InChI is InChI=1S/C16H30N2O3/c1-12(2)14(9-11-19)18-15(20)8-10-17-16(21)13-6-4-3-5-7-13/h12-14,19H,3-11H2,1-2H3,(H,17,21)(H,18,20). The smallest absolute Gasteiger partial charge is 0.223 e. The number of carbonyl (C=O) groups excluding carboxylic acids is 2. The molecule has 1 saturated carbocycles. The summed E-state index contributed by atoms with van der Waals surface area (Å²) < 4.78 is 0. The molecule has 0 aromatic carbocycles. The normalized spacial score (nSPS) is 17.5. The number of aliphatic hydroxyl groups excluding tert-OH is 1. The molecule has 3 N–H and O–H groups in total. The summed E-state index contributed by atoms with van der Waals surface area (Å²) in [5.74, 6) is 0.460. The van der Waals surface area contributed by atoms with E-state index < -0.39 is 0 Å². The molecule has 122 valence electrons. The third-order valence-corrected chi connectivity index (χ3v) is 4.22. The Morgan fingerprint density at radius 1 is 1.19 bits per heavy atom. The summed E-state index contributed by atoms with van der Waals surface area (Å²) in [6.45, 7) is 4.50. The third-order valence-electron chi connectivity index (χ3n) is 4.22. The average molecular weight is 298 g/mol. The summed E-state index contributed by atoms with van der Waals surface area (Å²) in [7, 11) is 0. The lowest BCUT2D eigenvalue weighted by Gasteiger charge is -2.22. The van der Waals surface area contributed by atoms with Crippen molar-refractivity contribution in [1.29, 1.82) is 0 Å². The predicted molar refractivity (Wildman–Crippen MR) is 82.7 cm³/mol. The van der Waals surface area contributed by atoms with Crippen LogP contribution in [-0.4, -0.2) is 36.1 Å². The van der Waals surface area contributed by atoms with E-state index in [0.717, 1.165) is 25.7 Å². The number of rotatable bonds is 8. The minimum absolute atomic E-state index is 0.00320. The maximum Gasteiger partial charge on any atom is 0.223 e. The molecule has 1 unspecified atom stereocenters. The van der Waals surface area contributed by atoms with Crippen LogP contribution >= 0.6 is 0 Å². The minimum atomic E-state index is -0.0638. The van der Waals surface area contributed by atoms with E-state index in [1.54, 1.807) is 0 Å². The molecule has 2 amide bonds. The zero-order chi connectivity index (χ0) is 15.7. The maximum atomic E-state index is 11.9. The highest BCUT2D eigenvalue weighted by Crippen LogP contribution is 2.23. The second kappa shape index (κ2) is 9.77. The molecule has 1 aliphatic rings. The molecule has 1 atom stereocenters. The topological polar surface area (TPSA) is 78.4 Å². The lowest BCUT2D eigenvalue weighted by Crippen LogP contribution is -2.41. The van der Waals surface area contributed by atoms with Crippen LogP contribution in [0.25, 0.3) is 0 Å². The summed E-state index contributed by atoms with van der Waals surface area (Å²) in [6.07, 6.45) is 6.32. The number of hydrogen-bond acceptors (Lipinski definition) is 3. The molecule has 0 heterocycles. The molecular weight excluding hydrogens is 268 g/mol. The Bertz CT molecular complexity index is 325. The number of carbonyl (C=O) groups is 2. The van der Waals surface area contributed by atoms with Gasteiger partial charge in [0.1, 0.15) is 0 Å². The van der Waals surface area contributed by atoms with Crippen LogP contribution in [0.15, 0.2) is 0 Å². The fourth-order valence-electron chi connectivity index (χ4n) is 2.80. The summed E-state index contributed by atoms with van der Waals surface area (Å²) in [5, 5.41) is 14.8. The zero-order valence-corrected chi connectivity index (χ0v) is 13.4. The number of aliphatic hydroxyl groups is 1. The van der Waals surface area contributed by atoms with Crippen LogP contribution in [0.1, 0.15) is 58.8 Å². The van der Waals surface area contributed by atoms with Gasteiger partial charge in [-0.1, -0.05) is 33.1 Å². The largest absolute Gasteiger partial charge is 0.396 e. The minimum Gasteiger partial charge on any atom is -0.396 e. The Morgan fingerprint density at radius 3 is 2.43 bits per heavy atom. The Labute approximate surface area is 127 Å². The highest BCUT2D eigenvalue weighted by atomic mass is 16.3. The van der Waals surface area contributed by atoms with Crippen LogP contribution in [0, 0.1) is 11.8 Å². The van der Waals surface area contributed by atoms with Gasteiger partial charge in [0, 0.05) is 31.5 Å². The first-order valence-electron chi connectivity index (χ1n) is 8.22. The van der Waals surface area contributed by atoms with Crippen molar-refractivity contribution in [3.05, 3.63) is 0 Å². The molecule has 0 saturated heterocycles. The summed E-state index contributed by atoms with van der Waals surface area (Å²) in [4.78, 5) is 23.8. The molecule has 1 rings (SSSR count). The quantitative estimate of drug-likeness (QED) is 0.637. The summed E-state index contributed by atoms with van der Waals surface area (Å²) >= 11 is 0. The van der Waals surface area contributed by atoms with Gasteiger partial charge in [0.2, 0.25) is 11.8 Å². The molecule has 0 aromatic rings. The van der Waals surface area contributed by atoms with Gasteiger partial charge in [-0.05, 0) is 25.2 Å². The summed E-state index contributed by atoms with van der Waals surface area (Å²) in [5.41, 5.74) is 0. The van der Waals surface area contributed by atoms with E-state index in [0.29, 0.717) is 19.4 Å². The molecule has 0 spiro atoms. The maximum absolute atomic E-state index is 11.9. The van der Waals surface area contributed by atoms with Gasteiger partial charge in [0.05, 0.1) is 0 Å². The first kappa shape index (κ1) is 18.0. The number of hydrogen-bond donors (Lipinski definition) is 3. The van der Waals surface area contributed by atoms with Crippen LogP contribution < -0.4 is 10.6 Å². The second-order valence-electron chi connectivity index (χ2n) is 6.31. The van der Waals surface area contributed by atoms with Gasteiger partial charge in [-0.2, -0.15) is 0 Å². The van der Waals surface area contributed by atoms with Crippen LogP contribution in [0.5, 0.6) is 0 Å². The molecule has 21 heavy (non-hydrogen) atoms. The van der Waals surface area contributed by atoms with Crippen LogP contribution in [0.2, 0.25) is 0 Å². The molecule has 0 aromatic heterocycles. The number of nitrogens with one attached hydrogen (secondary N) is 2. The lowest BCUT2D eigenvalue weighted by atomic mass is 9.89. The highest BCUT2D eigenvalue weighted by Gasteiger charge is 2.21. The van der Waals surface area contributed by atoms with Gasteiger partial charge >= 0.3 is 0 Å². The van der Waals surface area contributed by atoms with Crippen LogP contribution in [0.3, 0.4) is 0 Å². The lowest BCUT2D eigenvalue weighted by molar-refractivity contribution is -0.126. The van der Waals surface area contributed by atoms with Gasteiger partial charge in [-0.15, -0.1) is 0 Å². The highest BCUT2D eigenvalue weighted by molar-refractivity contribution is 5.80. The summed E-state index contributed by atoms with van der Waals surface area (Å²) in [6, 6.07) is -0.00320. The molecule has 5 heteroatoms.